The van der Waals surface area contributed by atoms with Crippen LogP contribution in [0.5, 0.6) is 0 Å². The fraction of sp³-hybridized carbons (Fsp3) is 1.00. The molecule has 5 unspecified atom stereocenters. The molecule has 0 bridgehead atoms. The molecule has 0 saturated carbocycles. The van der Waals surface area contributed by atoms with E-state index in [0.717, 1.165) is 0 Å². The Balaban J connectivity index is 1.79. The van der Waals surface area contributed by atoms with Gasteiger partial charge in [-0.1, -0.05) is 0 Å². The smallest absolute Gasteiger partial charge is 0.186 e. The van der Waals surface area contributed by atoms with E-state index < -0.39 is 6.29 Å². The van der Waals surface area contributed by atoms with E-state index in [9.17, 15) is 0 Å². The zero-order chi connectivity index (χ0) is 11.7. The van der Waals surface area contributed by atoms with Crippen molar-refractivity contribution in [2.24, 2.45) is 0 Å². The molecule has 98 valence electrons. The van der Waals surface area contributed by atoms with Crippen LogP contribution in [0.1, 0.15) is 0 Å². The van der Waals surface area contributed by atoms with Crippen LogP contribution in [0.4, 0.5) is 0 Å². The highest BCUT2D eigenvalue weighted by molar-refractivity contribution is 4.94. The molecule has 0 N–H and O–H groups in total. The molecule has 0 aliphatic carbocycles. The molecule has 17 heavy (non-hydrogen) atoms. The van der Waals surface area contributed by atoms with E-state index in [0.29, 0.717) is 33.0 Å². The van der Waals surface area contributed by atoms with Gasteiger partial charge >= 0.3 is 0 Å². The molecule has 3 aliphatic heterocycles. The molecule has 3 heterocycles. The van der Waals surface area contributed by atoms with Crippen LogP contribution >= 0.6 is 0 Å². The van der Waals surface area contributed by atoms with Crippen molar-refractivity contribution in [3.63, 3.8) is 0 Å². The van der Waals surface area contributed by atoms with Crippen molar-refractivity contribution in [3.8, 4) is 0 Å². The molecule has 0 aromatic rings. The molecule has 3 rings (SSSR count). The predicted molar refractivity (Wildman–Crippen MR) is 55.7 cm³/mol. The summed E-state index contributed by atoms with van der Waals surface area (Å²) in [4.78, 5) is 0. The zero-order valence-corrected chi connectivity index (χ0v) is 9.87. The fourth-order valence-electron chi connectivity index (χ4n) is 2.58. The first-order valence-corrected chi connectivity index (χ1v) is 6.01. The largest absolute Gasteiger partial charge is 0.376 e. The highest BCUT2D eigenvalue weighted by atomic mass is 16.7. The highest BCUT2D eigenvalue weighted by Crippen LogP contribution is 2.31. The maximum Gasteiger partial charge on any atom is 0.186 e. The molecule has 0 aromatic heterocycles. The van der Waals surface area contributed by atoms with E-state index >= 15 is 0 Å². The summed E-state index contributed by atoms with van der Waals surface area (Å²) in [7, 11) is 1.61. The lowest BCUT2D eigenvalue weighted by atomic mass is 9.98. The molecule has 0 aromatic carbocycles. The van der Waals surface area contributed by atoms with E-state index in [1.807, 2.05) is 0 Å². The van der Waals surface area contributed by atoms with Gasteiger partial charge in [-0.25, -0.2) is 0 Å². The minimum atomic E-state index is -0.410. The Kier molecular flexibility index (Phi) is 3.60. The second-order valence-corrected chi connectivity index (χ2v) is 4.36. The van der Waals surface area contributed by atoms with E-state index in [2.05, 4.69) is 0 Å². The maximum absolute atomic E-state index is 5.81. The predicted octanol–water partition coefficient (Wildman–Crippen LogP) is -0.443. The highest BCUT2D eigenvalue weighted by Gasteiger charge is 2.50. The lowest BCUT2D eigenvalue weighted by molar-refractivity contribution is -0.330. The van der Waals surface area contributed by atoms with Crippen LogP contribution < -0.4 is 0 Å². The molecule has 3 aliphatic rings. The first-order valence-electron chi connectivity index (χ1n) is 6.01. The van der Waals surface area contributed by atoms with Crippen molar-refractivity contribution in [2.45, 2.75) is 30.7 Å². The number of hydrogen-bond donors (Lipinski definition) is 0. The van der Waals surface area contributed by atoms with Gasteiger partial charge in [-0.05, 0) is 0 Å². The first-order chi connectivity index (χ1) is 8.40. The minimum absolute atomic E-state index is 0.130. The standard InChI is InChI=1S/C11H18O6/c1-12-11-10-9(15-4-5-16-10)8-7(17-11)6-13-2-3-14-8/h7-11H,2-6H2,1H3. The summed E-state index contributed by atoms with van der Waals surface area (Å²) in [6, 6.07) is 0. The second kappa shape index (κ2) is 5.17. The Morgan fingerprint density at radius 2 is 1.59 bits per heavy atom. The summed E-state index contributed by atoms with van der Waals surface area (Å²) in [5.74, 6) is 0. The van der Waals surface area contributed by atoms with Gasteiger partial charge in [0, 0.05) is 7.11 Å². The quantitative estimate of drug-likeness (QED) is 0.625. The van der Waals surface area contributed by atoms with Crippen molar-refractivity contribution < 1.29 is 28.4 Å². The van der Waals surface area contributed by atoms with E-state index in [4.69, 9.17) is 28.4 Å². The summed E-state index contributed by atoms with van der Waals surface area (Å²) >= 11 is 0. The minimum Gasteiger partial charge on any atom is -0.376 e. The molecule has 6 heteroatoms. The van der Waals surface area contributed by atoms with Crippen LogP contribution in [0.25, 0.3) is 0 Å². The van der Waals surface area contributed by atoms with Gasteiger partial charge < -0.3 is 28.4 Å². The van der Waals surface area contributed by atoms with Gasteiger partial charge in [-0.2, -0.15) is 0 Å². The van der Waals surface area contributed by atoms with Crippen LogP contribution in [0.2, 0.25) is 0 Å². The summed E-state index contributed by atoms with van der Waals surface area (Å²) < 4.78 is 33.8. The summed E-state index contributed by atoms with van der Waals surface area (Å²) in [6.45, 7) is 2.82. The lowest BCUT2D eigenvalue weighted by Crippen LogP contribution is -2.63. The van der Waals surface area contributed by atoms with Crippen LogP contribution in [-0.2, 0) is 28.4 Å². The van der Waals surface area contributed by atoms with Gasteiger partial charge in [0.1, 0.15) is 24.4 Å². The van der Waals surface area contributed by atoms with Crippen LogP contribution in [0, 0.1) is 0 Å². The number of methoxy groups -OCH3 is 1. The Labute approximate surface area is 100 Å². The molecule has 6 nitrogen and oxygen atoms in total. The normalized spacial score (nSPS) is 46.8. The van der Waals surface area contributed by atoms with Crippen molar-refractivity contribution in [1.29, 1.82) is 0 Å². The van der Waals surface area contributed by atoms with Gasteiger partial charge in [0.2, 0.25) is 0 Å². The van der Waals surface area contributed by atoms with Crippen LogP contribution in [0.3, 0.4) is 0 Å². The van der Waals surface area contributed by atoms with Gasteiger partial charge in [0.05, 0.1) is 33.0 Å². The number of rotatable bonds is 1. The van der Waals surface area contributed by atoms with Crippen molar-refractivity contribution in [1.82, 2.24) is 0 Å². The van der Waals surface area contributed by atoms with Gasteiger partial charge in [0.25, 0.3) is 0 Å². The molecule has 3 saturated heterocycles. The number of fused-ring (bicyclic) bond motifs is 3. The van der Waals surface area contributed by atoms with Gasteiger partial charge in [0.15, 0.2) is 6.29 Å². The third-order valence-corrected chi connectivity index (χ3v) is 3.35. The Hall–Kier alpha value is -0.240. The molecule has 0 radical (unpaired) electrons. The summed E-state index contributed by atoms with van der Waals surface area (Å²) in [5, 5.41) is 0. The average Bonchev–Trinajstić information content (AvgIpc) is 2.63. The van der Waals surface area contributed by atoms with E-state index in [1.54, 1.807) is 7.11 Å². The van der Waals surface area contributed by atoms with Crippen molar-refractivity contribution in [2.75, 3.05) is 40.1 Å². The summed E-state index contributed by atoms with van der Waals surface area (Å²) in [6.07, 6.45) is -1.03. The molecule has 0 spiro atoms. The third-order valence-electron chi connectivity index (χ3n) is 3.35. The maximum atomic E-state index is 5.81. The van der Waals surface area contributed by atoms with Crippen molar-refractivity contribution in [3.05, 3.63) is 0 Å². The SMILES string of the molecule is COC1OC2COCCOC2C2OCCOC12. The monoisotopic (exact) mass is 246 g/mol. The Bertz CT molecular complexity index is 260. The first kappa shape index (κ1) is 11.8. The van der Waals surface area contributed by atoms with Crippen LogP contribution in [0.15, 0.2) is 0 Å². The second-order valence-electron chi connectivity index (χ2n) is 4.36. The number of hydrogen-bond acceptors (Lipinski definition) is 6. The molecular weight excluding hydrogens is 228 g/mol. The zero-order valence-electron chi connectivity index (χ0n) is 9.87. The number of ether oxygens (including phenoxy) is 6. The summed E-state index contributed by atoms with van der Waals surface area (Å²) in [5.41, 5.74) is 0. The van der Waals surface area contributed by atoms with Gasteiger partial charge in [-0.15, -0.1) is 0 Å². The fourth-order valence-corrected chi connectivity index (χ4v) is 2.58. The lowest BCUT2D eigenvalue weighted by Gasteiger charge is -2.46. The molecule has 3 fully saturated rings. The molecule has 0 amide bonds. The molecular formula is C11H18O6. The van der Waals surface area contributed by atoms with E-state index in [1.165, 1.54) is 0 Å². The molecule has 5 atom stereocenters. The van der Waals surface area contributed by atoms with Crippen molar-refractivity contribution >= 4 is 0 Å². The topological polar surface area (TPSA) is 55.4 Å². The van der Waals surface area contributed by atoms with Crippen LogP contribution in [-0.4, -0.2) is 70.9 Å². The Morgan fingerprint density at radius 1 is 0.882 bits per heavy atom. The Morgan fingerprint density at radius 3 is 2.41 bits per heavy atom. The van der Waals surface area contributed by atoms with E-state index in [-0.39, 0.29) is 24.4 Å². The third kappa shape index (κ3) is 2.21. The average molecular weight is 246 g/mol. The van der Waals surface area contributed by atoms with Gasteiger partial charge in [-0.3, -0.25) is 0 Å².